The number of fused-ring (bicyclic) bond motifs is 1. The first kappa shape index (κ1) is 30.0. The summed E-state index contributed by atoms with van der Waals surface area (Å²) < 4.78 is 0. The second-order valence-electron chi connectivity index (χ2n) is 11.1. The molecule has 3 aromatic carbocycles. The average Bonchev–Trinajstić information content (AvgIpc) is 3.00. The van der Waals surface area contributed by atoms with Crippen LogP contribution in [-0.4, -0.2) is 6.54 Å². The van der Waals surface area contributed by atoms with Crippen molar-refractivity contribution in [1.29, 1.82) is 0 Å². The molecule has 1 N–H and O–H groups in total. The number of hydrogen-bond donors (Lipinski definition) is 1. The Labute approximate surface area is 247 Å². The largest absolute Gasteiger partial charge is 0.307 e. The molecule has 0 saturated heterocycles. The minimum atomic E-state index is -0.00561. The van der Waals surface area contributed by atoms with E-state index in [2.05, 4.69) is 174 Å². The van der Waals surface area contributed by atoms with Crippen LogP contribution in [0.5, 0.6) is 0 Å². The van der Waals surface area contributed by atoms with Crippen LogP contribution >= 0.6 is 0 Å². The summed E-state index contributed by atoms with van der Waals surface area (Å²) in [5.74, 6) is 0. The molecule has 0 fully saturated rings. The van der Waals surface area contributed by atoms with E-state index in [1.54, 1.807) is 0 Å². The molecular weight excluding hydrogens is 494 g/mol. The maximum absolute atomic E-state index is 3.71. The molecule has 0 bridgehead atoms. The van der Waals surface area contributed by atoms with Crippen molar-refractivity contribution < 1.29 is 0 Å². The topological polar surface area (TPSA) is 12.0 Å². The van der Waals surface area contributed by atoms with Crippen LogP contribution in [0.1, 0.15) is 76.3 Å². The highest BCUT2D eigenvalue weighted by Gasteiger charge is 2.30. The molecule has 0 spiro atoms. The molecule has 1 aliphatic carbocycles. The molecule has 41 heavy (non-hydrogen) atoms. The minimum Gasteiger partial charge on any atom is -0.307 e. The van der Waals surface area contributed by atoms with Crippen LogP contribution in [-0.2, 0) is 5.41 Å². The lowest BCUT2D eigenvalue weighted by molar-refractivity contribution is 0.596. The summed E-state index contributed by atoms with van der Waals surface area (Å²) in [7, 11) is 0. The fourth-order valence-electron chi connectivity index (χ4n) is 5.77. The maximum atomic E-state index is 3.71. The van der Waals surface area contributed by atoms with Crippen LogP contribution in [0.15, 0.2) is 127 Å². The van der Waals surface area contributed by atoms with Crippen molar-refractivity contribution in [3.8, 4) is 0 Å². The molecular formula is C40H45N. The summed E-state index contributed by atoms with van der Waals surface area (Å²) in [4.78, 5) is 0. The van der Waals surface area contributed by atoms with Gasteiger partial charge in [-0.05, 0) is 90.1 Å². The van der Waals surface area contributed by atoms with Gasteiger partial charge in [0.05, 0.1) is 6.04 Å². The molecule has 2 unspecified atom stereocenters. The SMILES string of the molecule is C/C=C\C=C/C1(C)CC=C(/C(C)=C/C(NCC)c2ccc(\C(C)=c3/cccc/c3=C/C=C/C)cc2)c2ccccc21. The lowest BCUT2D eigenvalue weighted by Crippen LogP contribution is -2.26. The Morgan fingerprint density at radius 2 is 1.59 bits per heavy atom. The second-order valence-corrected chi connectivity index (χ2v) is 11.1. The summed E-state index contributed by atoms with van der Waals surface area (Å²) in [6, 6.07) is 26.7. The molecule has 1 aliphatic rings. The van der Waals surface area contributed by atoms with Gasteiger partial charge in [0, 0.05) is 5.41 Å². The fourth-order valence-corrected chi connectivity index (χ4v) is 5.77. The van der Waals surface area contributed by atoms with Gasteiger partial charge in [0.15, 0.2) is 0 Å². The van der Waals surface area contributed by atoms with Gasteiger partial charge in [-0.3, -0.25) is 0 Å². The Hall–Kier alpha value is -3.94. The molecule has 0 aromatic heterocycles. The number of hydrogen-bond acceptors (Lipinski definition) is 1. The van der Waals surface area contributed by atoms with Gasteiger partial charge in [-0.2, -0.15) is 0 Å². The summed E-state index contributed by atoms with van der Waals surface area (Å²) in [6.07, 6.45) is 20.9. The first-order chi connectivity index (χ1) is 19.9. The molecule has 4 rings (SSSR count). The van der Waals surface area contributed by atoms with Gasteiger partial charge >= 0.3 is 0 Å². The predicted molar refractivity (Wildman–Crippen MR) is 180 cm³/mol. The van der Waals surface area contributed by atoms with E-state index in [9.17, 15) is 0 Å². The van der Waals surface area contributed by atoms with E-state index in [0.717, 1.165) is 13.0 Å². The molecule has 2 atom stereocenters. The van der Waals surface area contributed by atoms with Crippen molar-refractivity contribution in [1.82, 2.24) is 5.32 Å². The number of benzene rings is 3. The van der Waals surface area contributed by atoms with E-state index in [4.69, 9.17) is 0 Å². The standard InChI is InChI=1S/C40H45N/c1-7-10-16-27-40(6)28-26-35(37-20-14-15-21-38(37)40)30(4)29-39(41-9-3)34-24-22-32(23-25-34)31(5)36-19-13-12-18-33(36)17-11-8-2/h7-8,10-27,29,39,41H,9,28H2,1-6H3/b10-7-,11-8+,27-16-,30-29+,33-17-,36-31+. The van der Waals surface area contributed by atoms with Gasteiger partial charge < -0.3 is 5.32 Å². The predicted octanol–water partition coefficient (Wildman–Crippen LogP) is 8.74. The summed E-state index contributed by atoms with van der Waals surface area (Å²) in [5.41, 5.74) is 9.20. The van der Waals surface area contributed by atoms with Crippen molar-refractivity contribution in [2.24, 2.45) is 0 Å². The van der Waals surface area contributed by atoms with Crippen LogP contribution in [0, 0.1) is 0 Å². The molecule has 0 saturated carbocycles. The quantitative estimate of drug-likeness (QED) is 0.268. The number of likely N-dealkylation sites (N-methyl/N-ethyl adjacent to an activating group) is 1. The Kier molecular flexibility index (Phi) is 10.3. The molecule has 0 amide bonds. The van der Waals surface area contributed by atoms with Crippen molar-refractivity contribution in [3.63, 3.8) is 0 Å². The van der Waals surface area contributed by atoms with E-state index in [-0.39, 0.29) is 11.5 Å². The summed E-state index contributed by atoms with van der Waals surface area (Å²) >= 11 is 0. The normalized spacial score (nSPS) is 19.6. The third kappa shape index (κ3) is 7.04. The van der Waals surface area contributed by atoms with E-state index < -0.39 is 0 Å². The number of rotatable bonds is 9. The zero-order chi connectivity index (χ0) is 29.2. The van der Waals surface area contributed by atoms with Gasteiger partial charge in [-0.25, -0.2) is 0 Å². The Balaban J connectivity index is 1.67. The van der Waals surface area contributed by atoms with Gasteiger partial charge in [-0.15, -0.1) is 0 Å². The van der Waals surface area contributed by atoms with Crippen molar-refractivity contribution in [3.05, 3.63) is 160 Å². The monoisotopic (exact) mass is 539 g/mol. The zero-order valence-corrected chi connectivity index (χ0v) is 25.6. The highest BCUT2D eigenvalue weighted by Crippen LogP contribution is 2.42. The van der Waals surface area contributed by atoms with Crippen LogP contribution < -0.4 is 15.8 Å². The fraction of sp³-hybridized carbons (Fsp3) is 0.250. The number of nitrogens with one attached hydrogen (secondary N) is 1. The van der Waals surface area contributed by atoms with Gasteiger partial charge in [0.1, 0.15) is 0 Å². The van der Waals surface area contributed by atoms with Crippen molar-refractivity contribution in [2.75, 3.05) is 6.54 Å². The third-order valence-electron chi connectivity index (χ3n) is 8.13. The second kappa shape index (κ2) is 14.1. The molecule has 1 nitrogen and oxygen atoms in total. The highest BCUT2D eigenvalue weighted by atomic mass is 14.9. The molecule has 0 radical (unpaired) electrons. The zero-order valence-electron chi connectivity index (χ0n) is 25.6. The van der Waals surface area contributed by atoms with E-state index in [1.165, 1.54) is 49.4 Å². The maximum Gasteiger partial charge on any atom is 0.0512 e. The van der Waals surface area contributed by atoms with Crippen LogP contribution in [0.25, 0.3) is 17.2 Å². The number of allylic oxidation sites excluding steroid dienone is 9. The van der Waals surface area contributed by atoms with Gasteiger partial charge in [0.25, 0.3) is 0 Å². The average molecular weight is 540 g/mol. The molecule has 0 heterocycles. The Bertz CT molecular complexity index is 1610. The van der Waals surface area contributed by atoms with Crippen LogP contribution in [0.4, 0.5) is 0 Å². The smallest absolute Gasteiger partial charge is 0.0512 e. The lowest BCUT2D eigenvalue weighted by atomic mass is 9.70. The minimum absolute atomic E-state index is 0.00561. The Morgan fingerprint density at radius 3 is 2.32 bits per heavy atom. The van der Waals surface area contributed by atoms with E-state index in [1.807, 2.05) is 0 Å². The third-order valence-corrected chi connectivity index (χ3v) is 8.13. The van der Waals surface area contributed by atoms with Gasteiger partial charge in [-0.1, -0.05) is 141 Å². The first-order valence-corrected chi connectivity index (χ1v) is 14.9. The molecule has 210 valence electrons. The summed E-state index contributed by atoms with van der Waals surface area (Å²) in [6.45, 7) is 14.0. The highest BCUT2D eigenvalue weighted by molar-refractivity contribution is 5.83. The molecule has 0 aliphatic heterocycles. The molecule has 3 aromatic rings. The van der Waals surface area contributed by atoms with Crippen molar-refractivity contribution >= 4 is 17.2 Å². The summed E-state index contributed by atoms with van der Waals surface area (Å²) in [5, 5.41) is 6.23. The molecule has 1 heteroatoms. The Morgan fingerprint density at radius 1 is 0.878 bits per heavy atom. The first-order valence-electron chi connectivity index (χ1n) is 14.9. The van der Waals surface area contributed by atoms with Crippen LogP contribution in [0.3, 0.4) is 0 Å². The van der Waals surface area contributed by atoms with Crippen molar-refractivity contribution in [2.45, 2.75) is 59.4 Å². The van der Waals surface area contributed by atoms with Gasteiger partial charge in [0.2, 0.25) is 0 Å². The van der Waals surface area contributed by atoms with E-state index in [0.29, 0.717) is 0 Å². The van der Waals surface area contributed by atoms with E-state index >= 15 is 0 Å². The lowest BCUT2D eigenvalue weighted by Gasteiger charge is -2.33. The van der Waals surface area contributed by atoms with Crippen LogP contribution in [0.2, 0.25) is 0 Å².